The van der Waals surface area contributed by atoms with Gasteiger partial charge in [0.25, 0.3) is 0 Å². The Hall–Kier alpha value is -2.03. The lowest BCUT2D eigenvalue weighted by atomic mass is 10.2. The first-order valence-corrected chi connectivity index (χ1v) is 6.49. The zero-order valence-electron chi connectivity index (χ0n) is 11.0. The molecule has 19 heavy (non-hydrogen) atoms. The molecule has 0 aromatic heterocycles. The van der Waals surface area contributed by atoms with Crippen LogP contribution in [0.3, 0.4) is 0 Å². The number of aryl methyl sites for hydroxylation is 1. The van der Waals surface area contributed by atoms with E-state index < -0.39 is 0 Å². The molecular formula is C16H18FNO. The largest absolute Gasteiger partial charge is 0.492 e. The Morgan fingerprint density at radius 1 is 1.11 bits per heavy atom. The summed E-state index contributed by atoms with van der Waals surface area (Å²) in [5.74, 6) is 0.665. The fraction of sp³-hybridized carbons (Fsp3) is 0.250. The van der Waals surface area contributed by atoms with Gasteiger partial charge < -0.3 is 10.1 Å². The van der Waals surface area contributed by atoms with Crippen LogP contribution in [0.1, 0.15) is 12.5 Å². The van der Waals surface area contributed by atoms with E-state index in [1.807, 2.05) is 12.1 Å². The van der Waals surface area contributed by atoms with E-state index in [1.54, 1.807) is 12.1 Å². The molecule has 0 aliphatic heterocycles. The van der Waals surface area contributed by atoms with Crippen LogP contribution in [0.2, 0.25) is 0 Å². The number of hydrogen-bond acceptors (Lipinski definition) is 2. The fourth-order valence-corrected chi connectivity index (χ4v) is 1.79. The highest BCUT2D eigenvalue weighted by Crippen LogP contribution is 2.13. The summed E-state index contributed by atoms with van der Waals surface area (Å²) in [6.07, 6.45) is 1.00. The second-order valence-corrected chi connectivity index (χ2v) is 4.28. The van der Waals surface area contributed by atoms with E-state index in [0.29, 0.717) is 13.2 Å². The maximum atomic E-state index is 12.7. The van der Waals surface area contributed by atoms with Crippen LogP contribution >= 0.6 is 0 Å². The van der Waals surface area contributed by atoms with Gasteiger partial charge >= 0.3 is 0 Å². The normalized spacial score (nSPS) is 10.2. The summed E-state index contributed by atoms with van der Waals surface area (Å²) in [5.41, 5.74) is 2.16. The molecule has 2 aromatic rings. The van der Waals surface area contributed by atoms with Crippen LogP contribution in [-0.2, 0) is 6.42 Å². The standard InChI is InChI=1S/C16H18FNO/c1-2-13-4-3-5-16(12-13)19-11-10-18-15-8-6-14(17)7-9-15/h3-9,12,18H,2,10-11H2,1H3. The lowest BCUT2D eigenvalue weighted by Gasteiger charge is -2.09. The van der Waals surface area contributed by atoms with Gasteiger partial charge in [0.1, 0.15) is 18.2 Å². The monoisotopic (exact) mass is 259 g/mol. The molecular weight excluding hydrogens is 241 g/mol. The lowest BCUT2D eigenvalue weighted by molar-refractivity contribution is 0.332. The van der Waals surface area contributed by atoms with Gasteiger partial charge in [0.15, 0.2) is 0 Å². The number of halogens is 1. The van der Waals surface area contributed by atoms with Crippen molar-refractivity contribution in [1.82, 2.24) is 0 Å². The Morgan fingerprint density at radius 3 is 2.63 bits per heavy atom. The van der Waals surface area contributed by atoms with Gasteiger partial charge in [-0.15, -0.1) is 0 Å². The second kappa shape index (κ2) is 6.78. The van der Waals surface area contributed by atoms with Crippen LogP contribution in [0.5, 0.6) is 5.75 Å². The molecule has 0 spiro atoms. The highest BCUT2D eigenvalue weighted by atomic mass is 19.1. The molecule has 2 aromatic carbocycles. The van der Waals surface area contributed by atoms with Gasteiger partial charge in [-0.3, -0.25) is 0 Å². The molecule has 0 bridgehead atoms. The summed E-state index contributed by atoms with van der Waals surface area (Å²) < 4.78 is 18.4. The minimum atomic E-state index is -0.224. The maximum absolute atomic E-state index is 12.7. The second-order valence-electron chi connectivity index (χ2n) is 4.28. The smallest absolute Gasteiger partial charge is 0.123 e. The zero-order valence-corrected chi connectivity index (χ0v) is 11.0. The van der Waals surface area contributed by atoms with Crippen molar-refractivity contribution in [3.8, 4) is 5.75 Å². The van der Waals surface area contributed by atoms with E-state index in [4.69, 9.17) is 4.74 Å². The summed E-state index contributed by atoms with van der Waals surface area (Å²) in [6, 6.07) is 14.4. The van der Waals surface area contributed by atoms with Gasteiger partial charge in [0.05, 0.1) is 0 Å². The van der Waals surface area contributed by atoms with Crippen LogP contribution in [-0.4, -0.2) is 13.2 Å². The van der Waals surface area contributed by atoms with E-state index in [1.165, 1.54) is 17.7 Å². The van der Waals surface area contributed by atoms with Crippen LogP contribution in [0.15, 0.2) is 48.5 Å². The molecule has 2 rings (SSSR count). The van der Waals surface area contributed by atoms with E-state index in [-0.39, 0.29) is 5.82 Å². The van der Waals surface area contributed by atoms with Crippen LogP contribution in [0, 0.1) is 5.82 Å². The topological polar surface area (TPSA) is 21.3 Å². The molecule has 0 atom stereocenters. The molecule has 0 saturated carbocycles. The molecule has 0 aliphatic carbocycles. The van der Waals surface area contributed by atoms with E-state index in [9.17, 15) is 4.39 Å². The summed E-state index contributed by atoms with van der Waals surface area (Å²) >= 11 is 0. The Labute approximate surface area is 113 Å². The summed E-state index contributed by atoms with van der Waals surface area (Å²) in [7, 11) is 0. The van der Waals surface area contributed by atoms with Gasteiger partial charge in [-0.1, -0.05) is 19.1 Å². The molecule has 2 nitrogen and oxygen atoms in total. The first-order chi connectivity index (χ1) is 9.28. The average Bonchev–Trinajstić information content (AvgIpc) is 2.46. The zero-order chi connectivity index (χ0) is 13.5. The maximum Gasteiger partial charge on any atom is 0.123 e. The SMILES string of the molecule is CCc1cccc(OCCNc2ccc(F)cc2)c1. The van der Waals surface area contributed by atoms with Crippen molar-refractivity contribution in [2.45, 2.75) is 13.3 Å². The molecule has 0 fully saturated rings. The van der Waals surface area contributed by atoms with Crippen molar-refractivity contribution >= 4 is 5.69 Å². The lowest BCUT2D eigenvalue weighted by Crippen LogP contribution is -2.11. The Balaban J connectivity index is 1.75. The van der Waals surface area contributed by atoms with Gasteiger partial charge in [-0.05, 0) is 48.4 Å². The van der Waals surface area contributed by atoms with Crippen molar-refractivity contribution in [3.05, 3.63) is 59.9 Å². The number of hydrogen-bond donors (Lipinski definition) is 1. The molecule has 3 heteroatoms. The molecule has 0 radical (unpaired) electrons. The third-order valence-electron chi connectivity index (χ3n) is 2.85. The highest BCUT2D eigenvalue weighted by molar-refractivity contribution is 5.42. The first-order valence-electron chi connectivity index (χ1n) is 6.49. The van der Waals surface area contributed by atoms with Crippen molar-refractivity contribution in [2.75, 3.05) is 18.5 Å². The van der Waals surface area contributed by atoms with Crippen molar-refractivity contribution in [1.29, 1.82) is 0 Å². The Kier molecular flexibility index (Phi) is 4.78. The fourth-order valence-electron chi connectivity index (χ4n) is 1.79. The van der Waals surface area contributed by atoms with Gasteiger partial charge in [0, 0.05) is 12.2 Å². The summed E-state index contributed by atoms with van der Waals surface area (Å²) in [5, 5.41) is 3.18. The number of benzene rings is 2. The van der Waals surface area contributed by atoms with Gasteiger partial charge in [-0.25, -0.2) is 4.39 Å². The Morgan fingerprint density at radius 2 is 1.89 bits per heavy atom. The molecule has 0 heterocycles. The van der Waals surface area contributed by atoms with Crippen LogP contribution < -0.4 is 10.1 Å². The minimum absolute atomic E-state index is 0.224. The van der Waals surface area contributed by atoms with E-state index in [0.717, 1.165) is 17.9 Å². The molecule has 0 unspecified atom stereocenters. The van der Waals surface area contributed by atoms with Gasteiger partial charge in [-0.2, -0.15) is 0 Å². The predicted molar refractivity (Wildman–Crippen MR) is 76.2 cm³/mol. The number of nitrogens with one attached hydrogen (secondary N) is 1. The number of anilines is 1. The third-order valence-corrected chi connectivity index (χ3v) is 2.85. The quantitative estimate of drug-likeness (QED) is 0.795. The summed E-state index contributed by atoms with van der Waals surface area (Å²) in [4.78, 5) is 0. The molecule has 1 N–H and O–H groups in total. The van der Waals surface area contributed by atoms with Crippen molar-refractivity contribution < 1.29 is 9.13 Å². The minimum Gasteiger partial charge on any atom is -0.492 e. The van der Waals surface area contributed by atoms with E-state index in [2.05, 4.69) is 24.4 Å². The summed E-state index contributed by atoms with van der Waals surface area (Å²) in [6.45, 7) is 3.38. The van der Waals surface area contributed by atoms with Crippen LogP contribution in [0.4, 0.5) is 10.1 Å². The number of ether oxygens (including phenoxy) is 1. The van der Waals surface area contributed by atoms with Gasteiger partial charge in [0.2, 0.25) is 0 Å². The van der Waals surface area contributed by atoms with Crippen LogP contribution in [0.25, 0.3) is 0 Å². The predicted octanol–water partition coefficient (Wildman–Crippen LogP) is 3.88. The molecule has 100 valence electrons. The molecule has 0 saturated heterocycles. The average molecular weight is 259 g/mol. The Bertz CT molecular complexity index is 510. The van der Waals surface area contributed by atoms with Crippen molar-refractivity contribution in [3.63, 3.8) is 0 Å². The highest BCUT2D eigenvalue weighted by Gasteiger charge is 1.96. The van der Waals surface area contributed by atoms with Crippen molar-refractivity contribution in [2.24, 2.45) is 0 Å². The number of rotatable bonds is 6. The van der Waals surface area contributed by atoms with E-state index >= 15 is 0 Å². The first kappa shape index (κ1) is 13.4. The third kappa shape index (κ3) is 4.28. The molecule has 0 amide bonds. The molecule has 0 aliphatic rings.